The van der Waals surface area contributed by atoms with Crippen molar-refractivity contribution in [2.45, 2.75) is 11.8 Å². The standard InChI is InChI=1S/C15H15NO5S/c1-11-4-2-3-5-14(11)21-12-6-8-13(9-7-12)22(19,20)16-10-15(17)18/h2-9,16H,10H2,1H3,(H,17,18). The maximum absolute atomic E-state index is 11.8. The summed E-state index contributed by atoms with van der Waals surface area (Å²) in [5, 5.41) is 8.51. The fourth-order valence-electron chi connectivity index (χ4n) is 1.72. The molecule has 2 rings (SSSR count). The third-order valence-electron chi connectivity index (χ3n) is 2.87. The molecular formula is C15H15NO5S. The summed E-state index contributed by atoms with van der Waals surface area (Å²) in [5.74, 6) is -0.0725. The number of hydrogen-bond acceptors (Lipinski definition) is 4. The van der Waals surface area contributed by atoms with Crippen LogP contribution in [0.5, 0.6) is 11.5 Å². The van der Waals surface area contributed by atoms with E-state index >= 15 is 0 Å². The number of benzene rings is 2. The Labute approximate surface area is 128 Å². The van der Waals surface area contributed by atoms with Crippen LogP contribution in [0.15, 0.2) is 53.4 Å². The zero-order valence-electron chi connectivity index (χ0n) is 11.8. The summed E-state index contributed by atoms with van der Waals surface area (Å²) in [5.41, 5.74) is 0.960. The van der Waals surface area contributed by atoms with Gasteiger partial charge in [0.25, 0.3) is 0 Å². The number of ether oxygens (including phenoxy) is 1. The first-order valence-corrected chi connectivity index (χ1v) is 7.92. The Hall–Kier alpha value is -2.38. The first-order valence-electron chi connectivity index (χ1n) is 6.43. The zero-order chi connectivity index (χ0) is 16.2. The Morgan fingerprint density at radius 3 is 2.36 bits per heavy atom. The quantitative estimate of drug-likeness (QED) is 0.850. The molecule has 2 N–H and O–H groups in total. The molecule has 0 fully saturated rings. The van der Waals surface area contributed by atoms with Crippen LogP contribution >= 0.6 is 0 Å². The van der Waals surface area contributed by atoms with Crippen LogP contribution in [0, 0.1) is 6.92 Å². The highest BCUT2D eigenvalue weighted by atomic mass is 32.2. The molecule has 0 atom stereocenters. The predicted molar refractivity (Wildman–Crippen MR) is 80.5 cm³/mol. The molecule has 22 heavy (non-hydrogen) atoms. The number of aliphatic carboxylic acids is 1. The minimum Gasteiger partial charge on any atom is -0.480 e. The summed E-state index contributed by atoms with van der Waals surface area (Å²) in [6.45, 7) is 1.24. The molecule has 0 amide bonds. The average molecular weight is 321 g/mol. The van der Waals surface area contributed by atoms with Crippen molar-refractivity contribution in [1.82, 2.24) is 4.72 Å². The van der Waals surface area contributed by atoms with E-state index in [2.05, 4.69) is 0 Å². The van der Waals surface area contributed by atoms with Crippen molar-refractivity contribution in [3.05, 3.63) is 54.1 Å². The van der Waals surface area contributed by atoms with Crippen LogP contribution in [0.1, 0.15) is 5.56 Å². The van der Waals surface area contributed by atoms with Crippen molar-refractivity contribution in [2.75, 3.05) is 6.54 Å². The van der Waals surface area contributed by atoms with E-state index < -0.39 is 22.5 Å². The van der Waals surface area contributed by atoms with Crippen molar-refractivity contribution in [3.63, 3.8) is 0 Å². The number of aryl methyl sites for hydroxylation is 1. The fraction of sp³-hybridized carbons (Fsp3) is 0.133. The summed E-state index contributed by atoms with van der Waals surface area (Å²) in [6.07, 6.45) is 0. The van der Waals surface area contributed by atoms with Gasteiger partial charge in [0.05, 0.1) is 4.90 Å². The number of sulfonamides is 1. The van der Waals surface area contributed by atoms with Gasteiger partial charge in [-0.25, -0.2) is 8.42 Å². The molecule has 2 aromatic carbocycles. The normalized spacial score (nSPS) is 11.1. The molecule has 0 radical (unpaired) electrons. The average Bonchev–Trinajstić information content (AvgIpc) is 2.48. The second-order valence-corrected chi connectivity index (χ2v) is 6.32. The van der Waals surface area contributed by atoms with Gasteiger partial charge < -0.3 is 9.84 Å². The summed E-state index contributed by atoms with van der Waals surface area (Å²) in [6, 6.07) is 13.2. The van der Waals surface area contributed by atoms with Gasteiger partial charge in [0.2, 0.25) is 10.0 Å². The number of carbonyl (C=O) groups is 1. The van der Waals surface area contributed by atoms with Crippen molar-refractivity contribution in [1.29, 1.82) is 0 Å². The molecule has 0 bridgehead atoms. The second kappa shape index (κ2) is 6.59. The molecule has 0 aliphatic carbocycles. The Balaban J connectivity index is 2.13. The molecule has 7 heteroatoms. The summed E-state index contributed by atoms with van der Waals surface area (Å²) in [4.78, 5) is 10.4. The van der Waals surface area contributed by atoms with E-state index in [1.807, 2.05) is 35.9 Å². The van der Waals surface area contributed by atoms with Gasteiger partial charge in [-0.2, -0.15) is 4.72 Å². The number of rotatable bonds is 6. The Morgan fingerprint density at radius 2 is 1.77 bits per heavy atom. The van der Waals surface area contributed by atoms with E-state index in [1.165, 1.54) is 24.3 Å². The molecule has 0 saturated heterocycles. The van der Waals surface area contributed by atoms with Crippen LogP contribution < -0.4 is 9.46 Å². The third-order valence-corrected chi connectivity index (χ3v) is 4.29. The smallest absolute Gasteiger partial charge is 0.318 e. The maximum Gasteiger partial charge on any atom is 0.318 e. The molecule has 0 aromatic heterocycles. The fourth-order valence-corrected chi connectivity index (χ4v) is 2.70. The monoisotopic (exact) mass is 321 g/mol. The zero-order valence-corrected chi connectivity index (χ0v) is 12.6. The maximum atomic E-state index is 11.8. The molecule has 0 aliphatic rings. The first kappa shape index (κ1) is 16.0. The molecule has 0 saturated carbocycles. The van der Waals surface area contributed by atoms with Crippen molar-refractivity contribution in [3.8, 4) is 11.5 Å². The SMILES string of the molecule is Cc1ccccc1Oc1ccc(S(=O)(=O)NCC(=O)O)cc1. The van der Waals surface area contributed by atoms with Crippen LogP contribution in [-0.2, 0) is 14.8 Å². The van der Waals surface area contributed by atoms with Crippen LogP contribution in [0.25, 0.3) is 0 Å². The van der Waals surface area contributed by atoms with E-state index in [1.54, 1.807) is 0 Å². The Bertz CT molecular complexity index is 769. The number of carboxylic acids is 1. The summed E-state index contributed by atoms with van der Waals surface area (Å²) < 4.78 is 31.3. The molecule has 2 aromatic rings. The van der Waals surface area contributed by atoms with Gasteiger partial charge in [-0.15, -0.1) is 0 Å². The molecule has 6 nitrogen and oxygen atoms in total. The molecule has 0 heterocycles. The number of nitrogens with one attached hydrogen (secondary N) is 1. The van der Waals surface area contributed by atoms with Gasteiger partial charge in [0.1, 0.15) is 18.0 Å². The molecular weight excluding hydrogens is 306 g/mol. The molecule has 0 spiro atoms. The van der Waals surface area contributed by atoms with Crippen LogP contribution in [0.4, 0.5) is 0 Å². The number of carboxylic acid groups (broad SMARTS) is 1. The lowest BCUT2D eigenvalue weighted by Crippen LogP contribution is -2.29. The van der Waals surface area contributed by atoms with Crippen molar-refractivity contribution in [2.24, 2.45) is 0 Å². The summed E-state index contributed by atoms with van der Waals surface area (Å²) >= 11 is 0. The number of para-hydroxylation sites is 1. The highest BCUT2D eigenvalue weighted by Crippen LogP contribution is 2.25. The van der Waals surface area contributed by atoms with Crippen LogP contribution in [-0.4, -0.2) is 26.0 Å². The first-order chi connectivity index (χ1) is 10.4. The van der Waals surface area contributed by atoms with Gasteiger partial charge >= 0.3 is 5.97 Å². The lowest BCUT2D eigenvalue weighted by atomic mass is 10.2. The molecule has 116 valence electrons. The second-order valence-electron chi connectivity index (χ2n) is 4.56. The van der Waals surface area contributed by atoms with Crippen molar-refractivity contribution < 1.29 is 23.1 Å². The lowest BCUT2D eigenvalue weighted by molar-refractivity contribution is -0.135. The highest BCUT2D eigenvalue weighted by molar-refractivity contribution is 7.89. The number of hydrogen-bond donors (Lipinski definition) is 2. The molecule has 0 aliphatic heterocycles. The van der Waals surface area contributed by atoms with Crippen LogP contribution in [0.2, 0.25) is 0 Å². The lowest BCUT2D eigenvalue weighted by Gasteiger charge is -2.09. The van der Waals surface area contributed by atoms with E-state index in [4.69, 9.17) is 9.84 Å². The minimum atomic E-state index is -3.84. The van der Waals surface area contributed by atoms with Gasteiger partial charge in [0, 0.05) is 0 Å². The Morgan fingerprint density at radius 1 is 1.14 bits per heavy atom. The van der Waals surface area contributed by atoms with Crippen LogP contribution in [0.3, 0.4) is 0 Å². The van der Waals surface area contributed by atoms with E-state index in [0.717, 1.165) is 5.56 Å². The molecule has 0 unspecified atom stereocenters. The van der Waals surface area contributed by atoms with E-state index in [9.17, 15) is 13.2 Å². The van der Waals surface area contributed by atoms with Gasteiger partial charge in [-0.05, 0) is 42.8 Å². The van der Waals surface area contributed by atoms with E-state index in [0.29, 0.717) is 11.5 Å². The predicted octanol–water partition coefficient (Wildman–Crippen LogP) is 2.15. The van der Waals surface area contributed by atoms with Gasteiger partial charge in [-0.1, -0.05) is 18.2 Å². The highest BCUT2D eigenvalue weighted by Gasteiger charge is 2.15. The van der Waals surface area contributed by atoms with Crippen molar-refractivity contribution >= 4 is 16.0 Å². The minimum absolute atomic E-state index is 0.0223. The Kier molecular flexibility index (Phi) is 4.79. The third kappa shape index (κ3) is 4.06. The van der Waals surface area contributed by atoms with Gasteiger partial charge in [-0.3, -0.25) is 4.79 Å². The largest absolute Gasteiger partial charge is 0.480 e. The van der Waals surface area contributed by atoms with Gasteiger partial charge in [0.15, 0.2) is 0 Å². The summed E-state index contributed by atoms with van der Waals surface area (Å²) in [7, 11) is -3.84. The van der Waals surface area contributed by atoms with E-state index in [-0.39, 0.29) is 4.90 Å². The topological polar surface area (TPSA) is 92.7 Å².